The van der Waals surface area contributed by atoms with Crippen LogP contribution in [-0.2, 0) is 9.59 Å². The minimum Gasteiger partial charge on any atom is -0.480 e. The zero-order chi connectivity index (χ0) is 17.0. The number of rotatable bonds is 14. The van der Waals surface area contributed by atoms with Crippen molar-refractivity contribution in [2.75, 3.05) is 58.9 Å². The molecule has 0 atom stereocenters. The first kappa shape index (κ1) is 22.2. The summed E-state index contributed by atoms with van der Waals surface area (Å²) in [6, 6.07) is 0. The largest absolute Gasteiger partial charge is 0.480 e. The molecule has 0 heterocycles. The normalized spacial score (nSPS) is 11.5. The van der Waals surface area contributed by atoms with Crippen LogP contribution >= 0.6 is 45.7 Å². The standard InChI is InChI=1S/C12H24I2N4O4/c1-2-17(13)8-7-16(9-11(19)20)5-3-15-4-6-18(14)10-12(21)22/h15H,2-10H2,1H3,(H,19,20)(H,21,22). The molecule has 10 heteroatoms. The van der Waals surface area contributed by atoms with Gasteiger partial charge in [0.15, 0.2) is 0 Å². The summed E-state index contributed by atoms with van der Waals surface area (Å²) in [6.07, 6.45) is 0. The molecule has 0 radical (unpaired) electrons. The van der Waals surface area contributed by atoms with Crippen LogP contribution < -0.4 is 5.32 Å². The van der Waals surface area contributed by atoms with Crippen molar-refractivity contribution in [3.63, 3.8) is 0 Å². The van der Waals surface area contributed by atoms with Crippen LogP contribution in [0.3, 0.4) is 0 Å². The first-order valence-corrected chi connectivity index (χ1v) is 8.96. The Bertz CT molecular complexity index is 336. The van der Waals surface area contributed by atoms with Gasteiger partial charge in [0, 0.05) is 91.5 Å². The average molecular weight is 542 g/mol. The van der Waals surface area contributed by atoms with E-state index in [4.69, 9.17) is 10.2 Å². The van der Waals surface area contributed by atoms with Crippen molar-refractivity contribution in [1.82, 2.24) is 16.4 Å². The summed E-state index contributed by atoms with van der Waals surface area (Å²) in [7, 11) is 0. The minimum atomic E-state index is -0.846. The van der Waals surface area contributed by atoms with Gasteiger partial charge in [-0.2, -0.15) is 0 Å². The minimum absolute atomic E-state index is 0.00981. The van der Waals surface area contributed by atoms with Gasteiger partial charge in [0.05, 0.1) is 6.54 Å². The third-order valence-electron chi connectivity index (χ3n) is 2.80. The van der Waals surface area contributed by atoms with Crippen LogP contribution in [0.5, 0.6) is 0 Å². The molecule has 0 aliphatic heterocycles. The molecular weight excluding hydrogens is 518 g/mol. The van der Waals surface area contributed by atoms with Gasteiger partial charge in [-0.3, -0.25) is 14.5 Å². The number of aliphatic carboxylic acids is 2. The van der Waals surface area contributed by atoms with Crippen molar-refractivity contribution in [1.29, 1.82) is 0 Å². The molecule has 0 rings (SSSR count). The summed E-state index contributed by atoms with van der Waals surface area (Å²) in [5.41, 5.74) is 0. The average Bonchev–Trinajstić information content (AvgIpc) is 2.42. The molecule has 0 aromatic heterocycles. The zero-order valence-corrected chi connectivity index (χ0v) is 17.0. The third-order valence-corrected chi connectivity index (χ3v) is 4.79. The Morgan fingerprint density at radius 1 is 0.909 bits per heavy atom. The van der Waals surface area contributed by atoms with E-state index in [0.29, 0.717) is 32.7 Å². The van der Waals surface area contributed by atoms with Crippen LogP contribution in [0.4, 0.5) is 0 Å². The predicted octanol–water partition coefficient (Wildman–Crippen LogP) is 0.371. The van der Waals surface area contributed by atoms with Crippen molar-refractivity contribution in [3.8, 4) is 0 Å². The molecule has 0 saturated carbocycles. The van der Waals surface area contributed by atoms with E-state index in [9.17, 15) is 9.59 Å². The van der Waals surface area contributed by atoms with Gasteiger partial charge in [0.25, 0.3) is 0 Å². The molecule has 0 saturated heterocycles. The van der Waals surface area contributed by atoms with Crippen molar-refractivity contribution >= 4 is 57.7 Å². The molecule has 0 spiro atoms. The third kappa shape index (κ3) is 13.9. The number of carboxylic acids is 2. The van der Waals surface area contributed by atoms with Crippen LogP contribution in [0, 0.1) is 0 Å². The number of likely N-dealkylation sites (N-methyl/N-ethyl adjacent to an activating group) is 1. The van der Waals surface area contributed by atoms with Gasteiger partial charge in [-0.1, -0.05) is 6.92 Å². The van der Waals surface area contributed by atoms with Gasteiger partial charge >= 0.3 is 11.9 Å². The quantitative estimate of drug-likeness (QED) is 0.165. The first-order valence-electron chi connectivity index (χ1n) is 7.03. The Labute approximate surface area is 159 Å². The maximum absolute atomic E-state index is 10.9. The van der Waals surface area contributed by atoms with Crippen molar-refractivity contribution < 1.29 is 19.8 Å². The molecule has 0 aromatic carbocycles. The molecular formula is C12H24I2N4O4. The van der Waals surface area contributed by atoms with E-state index < -0.39 is 11.9 Å². The zero-order valence-electron chi connectivity index (χ0n) is 12.7. The predicted molar refractivity (Wildman–Crippen MR) is 101 cm³/mol. The lowest BCUT2D eigenvalue weighted by molar-refractivity contribution is -0.138. The second-order valence-electron chi connectivity index (χ2n) is 4.66. The van der Waals surface area contributed by atoms with Gasteiger partial charge in [-0.15, -0.1) is 0 Å². The van der Waals surface area contributed by atoms with Gasteiger partial charge in [0.1, 0.15) is 6.54 Å². The number of hydrogen-bond acceptors (Lipinski definition) is 6. The molecule has 0 fully saturated rings. The van der Waals surface area contributed by atoms with Crippen LogP contribution in [-0.4, -0.2) is 92.2 Å². The molecule has 0 amide bonds. The summed E-state index contributed by atoms with van der Waals surface area (Å²) in [6.45, 7) is 7.19. The van der Waals surface area contributed by atoms with Gasteiger partial charge < -0.3 is 15.5 Å². The van der Waals surface area contributed by atoms with E-state index >= 15 is 0 Å². The van der Waals surface area contributed by atoms with Gasteiger partial charge in [-0.25, -0.2) is 6.23 Å². The van der Waals surface area contributed by atoms with Crippen LogP contribution in [0.25, 0.3) is 0 Å². The highest BCUT2D eigenvalue weighted by molar-refractivity contribution is 14.1. The maximum Gasteiger partial charge on any atom is 0.318 e. The van der Waals surface area contributed by atoms with Crippen LogP contribution in [0.15, 0.2) is 0 Å². The van der Waals surface area contributed by atoms with Crippen molar-refractivity contribution in [2.24, 2.45) is 0 Å². The summed E-state index contributed by atoms with van der Waals surface area (Å²) < 4.78 is 3.80. The Kier molecular flexibility index (Phi) is 13.8. The van der Waals surface area contributed by atoms with E-state index in [1.165, 1.54) is 0 Å². The lowest BCUT2D eigenvalue weighted by atomic mass is 10.4. The highest BCUT2D eigenvalue weighted by Gasteiger charge is 2.10. The van der Waals surface area contributed by atoms with E-state index in [1.54, 1.807) is 3.11 Å². The molecule has 0 aromatic rings. The van der Waals surface area contributed by atoms with Crippen molar-refractivity contribution in [2.45, 2.75) is 6.92 Å². The number of nitrogens with one attached hydrogen (secondary N) is 1. The molecule has 8 nitrogen and oxygen atoms in total. The fourth-order valence-corrected chi connectivity index (χ4v) is 2.41. The monoisotopic (exact) mass is 542 g/mol. The summed E-state index contributed by atoms with van der Waals surface area (Å²) in [4.78, 5) is 23.3. The van der Waals surface area contributed by atoms with Gasteiger partial charge in [0.2, 0.25) is 0 Å². The lowest BCUT2D eigenvalue weighted by Gasteiger charge is -2.23. The summed E-state index contributed by atoms with van der Waals surface area (Å²) in [5.74, 6) is -1.67. The number of nitrogens with zero attached hydrogens (tertiary/aromatic N) is 3. The smallest absolute Gasteiger partial charge is 0.318 e. The topological polar surface area (TPSA) is 96.4 Å². The van der Waals surface area contributed by atoms with Crippen LogP contribution in [0.1, 0.15) is 6.92 Å². The Balaban J connectivity index is 3.87. The highest BCUT2D eigenvalue weighted by atomic mass is 127. The molecule has 130 valence electrons. The fourth-order valence-electron chi connectivity index (χ4n) is 1.66. The number of hydrogen-bond donors (Lipinski definition) is 3. The van der Waals surface area contributed by atoms with E-state index in [2.05, 4.69) is 38.2 Å². The Morgan fingerprint density at radius 2 is 1.50 bits per heavy atom. The highest BCUT2D eigenvalue weighted by Crippen LogP contribution is 1.99. The Hall–Kier alpha value is 0.240. The second-order valence-corrected chi connectivity index (χ2v) is 7.39. The van der Waals surface area contributed by atoms with Gasteiger partial charge in [-0.05, 0) is 0 Å². The summed E-state index contributed by atoms with van der Waals surface area (Å²) >= 11 is 4.21. The SMILES string of the molecule is CCN(I)CCN(CCNCCN(I)CC(=O)O)CC(=O)O. The lowest BCUT2D eigenvalue weighted by Crippen LogP contribution is -2.40. The number of halogens is 2. The molecule has 0 bridgehead atoms. The fraction of sp³-hybridized carbons (Fsp3) is 0.833. The molecule has 3 N–H and O–H groups in total. The van der Waals surface area contributed by atoms with E-state index in [1.807, 2.05) is 27.8 Å². The molecule has 0 aliphatic carbocycles. The van der Waals surface area contributed by atoms with E-state index in [0.717, 1.165) is 13.1 Å². The van der Waals surface area contributed by atoms with Crippen LogP contribution in [0.2, 0.25) is 0 Å². The molecule has 22 heavy (non-hydrogen) atoms. The van der Waals surface area contributed by atoms with Crippen molar-refractivity contribution in [3.05, 3.63) is 0 Å². The number of carbonyl (C=O) groups is 2. The second kappa shape index (κ2) is 13.7. The number of carboxylic acid groups (broad SMARTS) is 2. The molecule has 0 aliphatic rings. The summed E-state index contributed by atoms with van der Waals surface area (Å²) in [5, 5.41) is 20.8. The Morgan fingerprint density at radius 3 is 2.05 bits per heavy atom. The molecule has 0 unspecified atom stereocenters. The maximum atomic E-state index is 10.9. The first-order chi connectivity index (χ1) is 10.3. The van der Waals surface area contributed by atoms with E-state index in [-0.39, 0.29) is 13.1 Å².